The topological polar surface area (TPSA) is 9.23 Å². The summed E-state index contributed by atoms with van der Waals surface area (Å²) in [6.45, 7) is 1.62. The molecule has 0 unspecified atom stereocenters. The van der Waals surface area contributed by atoms with Gasteiger partial charge in [0, 0.05) is 5.88 Å². The molecule has 0 aliphatic rings. The molecule has 0 N–H and O–H groups in total. The lowest BCUT2D eigenvalue weighted by Crippen LogP contribution is -1.93. The monoisotopic (exact) mass is 268 g/mol. The minimum Gasteiger partial charge on any atom is -0.451 e. The molecule has 0 heterocycles. The van der Waals surface area contributed by atoms with Crippen LogP contribution in [0.1, 0.15) is 11.1 Å². The number of alkyl halides is 1. The fraction of sp³-hybridized carbons (Fsp3) is 0.143. The number of rotatable bonds is 3. The molecule has 0 atom stereocenters. The zero-order valence-corrected chi connectivity index (χ0v) is 10.5. The molecule has 0 bridgehead atoms. The van der Waals surface area contributed by atoms with Crippen molar-refractivity contribution in [3.8, 4) is 11.5 Å². The molecule has 0 spiro atoms. The van der Waals surface area contributed by atoms with E-state index in [4.69, 9.17) is 16.3 Å². The fourth-order valence-corrected chi connectivity index (χ4v) is 1.69. The molecule has 1 nitrogen and oxygen atoms in total. The molecular formula is C14H11ClF2O. The number of aryl methyl sites for hydroxylation is 1. The van der Waals surface area contributed by atoms with Crippen molar-refractivity contribution in [3.63, 3.8) is 0 Å². The second-order valence-corrected chi connectivity index (χ2v) is 4.15. The van der Waals surface area contributed by atoms with Crippen molar-refractivity contribution in [2.45, 2.75) is 12.8 Å². The number of hydrogen-bond donors (Lipinski definition) is 0. The number of ether oxygens (including phenoxy) is 1. The molecule has 0 aromatic heterocycles. The van der Waals surface area contributed by atoms with E-state index in [1.54, 1.807) is 25.1 Å². The minimum absolute atomic E-state index is 0.00697. The minimum atomic E-state index is -0.561. The highest BCUT2D eigenvalue weighted by molar-refractivity contribution is 6.17. The van der Waals surface area contributed by atoms with Gasteiger partial charge in [0.25, 0.3) is 0 Å². The summed E-state index contributed by atoms with van der Waals surface area (Å²) in [5.41, 5.74) is 1.09. The van der Waals surface area contributed by atoms with E-state index in [1.807, 2.05) is 0 Å². The van der Waals surface area contributed by atoms with Crippen LogP contribution in [0.25, 0.3) is 0 Å². The largest absolute Gasteiger partial charge is 0.451 e. The Labute approximate surface area is 109 Å². The quantitative estimate of drug-likeness (QED) is 0.726. The third-order valence-electron chi connectivity index (χ3n) is 2.53. The van der Waals surface area contributed by atoms with Crippen LogP contribution in [0.2, 0.25) is 0 Å². The van der Waals surface area contributed by atoms with Gasteiger partial charge in [-0.05, 0) is 36.2 Å². The number of benzene rings is 2. The Hall–Kier alpha value is -1.61. The molecule has 0 saturated heterocycles. The summed E-state index contributed by atoms with van der Waals surface area (Å²) >= 11 is 5.59. The smallest absolute Gasteiger partial charge is 0.168 e. The summed E-state index contributed by atoms with van der Waals surface area (Å²) in [5, 5.41) is 0. The first-order valence-electron chi connectivity index (χ1n) is 5.39. The lowest BCUT2D eigenvalue weighted by atomic mass is 10.2. The molecule has 0 saturated carbocycles. The van der Waals surface area contributed by atoms with Crippen LogP contribution < -0.4 is 4.74 Å². The van der Waals surface area contributed by atoms with E-state index in [0.717, 1.165) is 0 Å². The Morgan fingerprint density at radius 3 is 2.56 bits per heavy atom. The molecular weight excluding hydrogens is 258 g/mol. The van der Waals surface area contributed by atoms with Gasteiger partial charge in [-0.3, -0.25) is 0 Å². The summed E-state index contributed by atoms with van der Waals surface area (Å²) in [6.07, 6.45) is 0. The van der Waals surface area contributed by atoms with Crippen molar-refractivity contribution < 1.29 is 13.5 Å². The maximum absolute atomic E-state index is 13.7. The Morgan fingerprint density at radius 1 is 1.11 bits per heavy atom. The molecule has 4 heteroatoms. The zero-order chi connectivity index (χ0) is 13.1. The van der Waals surface area contributed by atoms with Gasteiger partial charge in [0.1, 0.15) is 0 Å². The van der Waals surface area contributed by atoms with E-state index in [0.29, 0.717) is 11.1 Å². The Kier molecular flexibility index (Phi) is 3.82. The van der Waals surface area contributed by atoms with Gasteiger partial charge in [0.15, 0.2) is 23.1 Å². The lowest BCUT2D eigenvalue weighted by molar-refractivity contribution is 0.413. The van der Waals surface area contributed by atoms with E-state index >= 15 is 0 Å². The van der Waals surface area contributed by atoms with Gasteiger partial charge in [-0.1, -0.05) is 18.2 Å². The second kappa shape index (κ2) is 5.36. The van der Waals surface area contributed by atoms with Gasteiger partial charge in [-0.2, -0.15) is 0 Å². The third kappa shape index (κ3) is 2.62. The summed E-state index contributed by atoms with van der Waals surface area (Å²) in [5.74, 6) is -0.844. The highest BCUT2D eigenvalue weighted by Crippen LogP contribution is 2.28. The Morgan fingerprint density at radius 2 is 1.89 bits per heavy atom. The molecule has 2 rings (SSSR count). The number of hydrogen-bond acceptors (Lipinski definition) is 1. The van der Waals surface area contributed by atoms with Crippen molar-refractivity contribution in [3.05, 3.63) is 59.2 Å². The highest BCUT2D eigenvalue weighted by atomic mass is 35.5. The van der Waals surface area contributed by atoms with Crippen LogP contribution in [-0.4, -0.2) is 0 Å². The van der Waals surface area contributed by atoms with Gasteiger partial charge in [-0.15, -0.1) is 11.6 Å². The number of halogens is 3. The first-order valence-corrected chi connectivity index (χ1v) is 5.92. The molecule has 0 aliphatic carbocycles. The van der Waals surface area contributed by atoms with Gasteiger partial charge in [0.05, 0.1) is 0 Å². The molecule has 0 radical (unpaired) electrons. The van der Waals surface area contributed by atoms with Gasteiger partial charge in [-0.25, -0.2) is 8.78 Å². The first-order chi connectivity index (χ1) is 8.61. The highest BCUT2D eigenvalue weighted by Gasteiger charge is 2.10. The average Bonchev–Trinajstić information content (AvgIpc) is 2.37. The maximum Gasteiger partial charge on any atom is 0.168 e. The standard InChI is InChI=1S/C14H11ClF2O/c1-9-3-2-4-13(14(9)17)18-12-6-5-10(8-15)7-11(12)16/h2-7H,8H2,1H3. The molecule has 2 aromatic rings. The van der Waals surface area contributed by atoms with Gasteiger partial charge in [0.2, 0.25) is 0 Å². The fourth-order valence-electron chi connectivity index (χ4n) is 1.53. The van der Waals surface area contributed by atoms with Crippen LogP contribution in [0, 0.1) is 18.6 Å². The van der Waals surface area contributed by atoms with Crippen molar-refractivity contribution in [1.82, 2.24) is 0 Å². The predicted molar refractivity (Wildman–Crippen MR) is 67.2 cm³/mol. The van der Waals surface area contributed by atoms with Crippen LogP contribution >= 0.6 is 11.6 Å². The third-order valence-corrected chi connectivity index (χ3v) is 2.84. The van der Waals surface area contributed by atoms with Crippen LogP contribution in [0.15, 0.2) is 36.4 Å². The average molecular weight is 269 g/mol. The summed E-state index contributed by atoms with van der Waals surface area (Å²) in [6, 6.07) is 9.08. The van der Waals surface area contributed by atoms with Crippen LogP contribution in [0.5, 0.6) is 11.5 Å². The van der Waals surface area contributed by atoms with Gasteiger partial charge >= 0.3 is 0 Å². The maximum atomic E-state index is 13.7. The zero-order valence-electron chi connectivity index (χ0n) is 9.71. The Balaban J connectivity index is 2.31. The van der Waals surface area contributed by atoms with Crippen LogP contribution in [0.3, 0.4) is 0 Å². The van der Waals surface area contributed by atoms with E-state index in [9.17, 15) is 8.78 Å². The molecule has 94 valence electrons. The summed E-state index contributed by atoms with van der Waals surface area (Å²) in [7, 11) is 0. The van der Waals surface area contributed by atoms with E-state index in [1.165, 1.54) is 18.2 Å². The van der Waals surface area contributed by atoms with Crippen LogP contribution in [0.4, 0.5) is 8.78 Å². The Bertz CT molecular complexity index is 570. The molecule has 2 aromatic carbocycles. The summed E-state index contributed by atoms with van der Waals surface area (Å²) in [4.78, 5) is 0. The first kappa shape index (κ1) is 12.8. The van der Waals surface area contributed by atoms with E-state index in [-0.39, 0.29) is 17.4 Å². The molecule has 0 aliphatic heterocycles. The van der Waals surface area contributed by atoms with Crippen molar-refractivity contribution in [1.29, 1.82) is 0 Å². The summed E-state index contributed by atoms with van der Waals surface area (Å²) < 4.78 is 32.6. The van der Waals surface area contributed by atoms with E-state index < -0.39 is 11.6 Å². The predicted octanol–water partition coefficient (Wildman–Crippen LogP) is 4.80. The normalized spacial score (nSPS) is 10.4. The van der Waals surface area contributed by atoms with E-state index in [2.05, 4.69) is 0 Å². The molecule has 18 heavy (non-hydrogen) atoms. The van der Waals surface area contributed by atoms with Crippen LogP contribution in [-0.2, 0) is 5.88 Å². The second-order valence-electron chi connectivity index (χ2n) is 3.89. The van der Waals surface area contributed by atoms with Crippen molar-refractivity contribution >= 4 is 11.6 Å². The molecule has 0 amide bonds. The SMILES string of the molecule is Cc1cccc(Oc2ccc(CCl)cc2F)c1F. The van der Waals surface area contributed by atoms with Crippen molar-refractivity contribution in [2.75, 3.05) is 0 Å². The van der Waals surface area contributed by atoms with Crippen molar-refractivity contribution in [2.24, 2.45) is 0 Å². The molecule has 0 fully saturated rings. The van der Waals surface area contributed by atoms with Gasteiger partial charge < -0.3 is 4.74 Å². The lowest BCUT2D eigenvalue weighted by Gasteiger charge is -2.09.